The molecule has 1 aromatic carbocycles. The van der Waals surface area contributed by atoms with E-state index in [1.54, 1.807) is 0 Å². The Bertz CT molecular complexity index is 578. The molecular formula is C20H30ClN3O. The highest BCUT2D eigenvalue weighted by Crippen LogP contribution is 2.31. The minimum atomic E-state index is 0.114. The van der Waals surface area contributed by atoms with E-state index in [1.165, 1.54) is 32.1 Å². The Hall–Kier alpha value is -1.26. The first-order valence-corrected chi connectivity index (χ1v) is 10.0. The van der Waals surface area contributed by atoms with Crippen LogP contribution in [0.4, 0.5) is 11.4 Å². The van der Waals surface area contributed by atoms with Crippen molar-refractivity contribution in [1.82, 2.24) is 4.90 Å². The van der Waals surface area contributed by atoms with Crippen molar-refractivity contribution in [3.05, 3.63) is 23.2 Å². The first-order valence-electron chi connectivity index (χ1n) is 9.65. The number of halogens is 1. The predicted octanol–water partition coefficient (Wildman–Crippen LogP) is 4.39. The van der Waals surface area contributed by atoms with Crippen molar-refractivity contribution in [2.45, 2.75) is 44.9 Å². The van der Waals surface area contributed by atoms with Crippen LogP contribution >= 0.6 is 11.6 Å². The minimum Gasteiger partial charge on any atom is -0.367 e. The van der Waals surface area contributed by atoms with Crippen LogP contribution < -0.4 is 10.2 Å². The van der Waals surface area contributed by atoms with E-state index in [0.717, 1.165) is 49.9 Å². The lowest BCUT2D eigenvalue weighted by molar-refractivity contribution is -0.116. The summed E-state index contributed by atoms with van der Waals surface area (Å²) in [5.74, 6) is 0.846. The number of rotatable bonds is 5. The number of anilines is 2. The highest BCUT2D eigenvalue weighted by Gasteiger charge is 2.19. The number of carbonyl (C=O) groups is 1. The van der Waals surface area contributed by atoms with Gasteiger partial charge in [0.05, 0.1) is 11.4 Å². The molecule has 1 heterocycles. The molecule has 4 nitrogen and oxygen atoms in total. The van der Waals surface area contributed by atoms with Gasteiger partial charge in [0.15, 0.2) is 0 Å². The van der Waals surface area contributed by atoms with Crippen molar-refractivity contribution in [2.75, 3.05) is 43.4 Å². The summed E-state index contributed by atoms with van der Waals surface area (Å²) < 4.78 is 0. The molecule has 1 N–H and O–H groups in total. The maximum Gasteiger partial charge on any atom is 0.224 e. The Balaban J connectivity index is 1.60. The molecule has 1 aliphatic heterocycles. The lowest BCUT2D eigenvalue weighted by Gasteiger charge is -2.35. The SMILES string of the molecule is CN1CCN(c2ccc(Cl)cc2NC(=O)CCC2CCCCC2)CC1. The van der Waals surface area contributed by atoms with E-state index in [9.17, 15) is 4.79 Å². The normalized spacial score (nSPS) is 19.8. The standard InChI is InChI=1S/C20H30ClN3O/c1-23-11-13-24(14-12-23)19-9-8-17(21)15-18(19)22-20(25)10-7-16-5-3-2-4-6-16/h8-9,15-16H,2-7,10-14H2,1H3,(H,22,25). The number of likely N-dealkylation sites (N-methyl/N-ethyl adjacent to an activating group) is 1. The maximum absolute atomic E-state index is 12.5. The second-order valence-corrected chi connectivity index (χ2v) is 7.98. The van der Waals surface area contributed by atoms with Crippen molar-refractivity contribution in [3.63, 3.8) is 0 Å². The first kappa shape index (κ1) is 18.5. The summed E-state index contributed by atoms with van der Waals surface area (Å²) in [5.41, 5.74) is 1.94. The van der Waals surface area contributed by atoms with Crippen LogP contribution in [0.3, 0.4) is 0 Å². The second kappa shape index (κ2) is 8.91. The zero-order chi connectivity index (χ0) is 17.6. The average Bonchev–Trinajstić information content (AvgIpc) is 2.62. The molecular weight excluding hydrogens is 334 g/mol. The number of hydrogen-bond donors (Lipinski definition) is 1. The molecule has 0 atom stereocenters. The smallest absolute Gasteiger partial charge is 0.224 e. The number of nitrogens with zero attached hydrogens (tertiary/aromatic N) is 2. The van der Waals surface area contributed by atoms with E-state index in [2.05, 4.69) is 22.2 Å². The van der Waals surface area contributed by atoms with Gasteiger partial charge in [0.1, 0.15) is 0 Å². The van der Waals surface area contributed by atoms with Crippen LogP contribution in [0.2, 0.25) is 5.02 Å². The van der Waals surface area contributed by atoms with Crippen molar-refractivity contribution < 1.29 is 4.79 Å². The van der Waals surface area contributed by atoms with E-state index in [4.69, 9.17) is 11.6 Å². The Labute approximate surface area is 156 Å². The van der Waals surface area contributed by atoms with Gasteiger partial charge in [0.2, 0.25) is 5.91 Å². The van der Waals surface area contributed by atoms with Crippen molar-refractivity contribution in [1.29, 1.82) is 0 Å². The van der Waals surface area contributed by atoms with Crippen molar-refractivity contribution in [2.24, 2.45) is 5.92 Å². The molecule has 0 radical (unpaired) electrons. The highest BCUT2D eigenvalue weighted by atomic mass is 35.5. The van der Waals surface area contributed by atoms with E-state index >= 15 is 0 Å². The van der Waals surface area contributed by atoms with Crippen LogP contribution in [-0.2, 0) is 4.79 Å². The quantitative estimate of drug-likeness (QED) is 0.842. The Morgan fingerprint density at radius 2 is 1.88 bits per heavy atom. The molecule has 0 aromatic heterocycles. The molecule has 3 rings (SSSR count). The number of nitrogens with one attached hydrogen (secondary N) is 1. The summed E-state index contributed by atoms with van der Waals surface area (Å²) >= 11 is 6.18. The maximum atomic E-state index is 12.5. The van der Waals surface area contributed by atoms with Crippen molar-refractivity contribution in [3.8, 4) is 0 Å². The van der Waals surface area contributed by atoms with Crippen LogP contribution in [0.1, 0.15) is 44.9 Å². The third kappa shape index (κ3) is 5.35. The predicted molar refractivity (Wildman–Crippen MR) is 106 cm³/mol. The molecule has 0 spiro atoms. The van der Waals surface area contributed by atoms with Crippen LogP contribution in [-0.4, -0.2) is 44.0 Å². The number of amides is 1. The molecule has 1 saturated carbocycles. The molecule has 0 bridgehead atoms. The molecule has 2 aliphatic rings. The summed E-state index contributed by atoms with van der Waals surface area (Å²) in [4.78, 5) is 17.1. The molecule has 1 aromatic rings. The molecule has 0 unspecified atom stereocenters. The summed E-state index contributed by atoms with van der Waals surface area (Å²) in [5, 5.41) is 3.79. The lowest BCUT2D eigenvalue weighted by atomic mass is 9.86. The molecule has 25 heavy (non-hydrogen) atoms. The highest BCUT2D eigenvalue weighted by molar-refractivity contribution is 6.31. The Morgan fingerprint density at radius 3 is 2.60 bits per heavy atom. The van der Waals surface area contributed by atoms with E-state index in [0.29, 0.717) is 11.4 Å². The van der Waals surface area contributed by atoms with Crippen LogP contribution in [0.5, 0.6) is 0 Å². The average molecular weight is 364 g/mol. The third-order valence-electron chi connectivity index (χ3n) is 5.58. The molecule has 1 saturated heterocycles. The topological polar surface area (TPSA) is 35.6 Å². The number of piperazine rings is 1. The summed E-state index contributed by atoms with van der Waals surface area (Å²) in [6.07, 6.45) is 8.21. The van der Waals surface area contributed by atoms with Gasteiger partial charge in [-0.15, -0.1) is 0 Å². The fourth-order valence-electron chi connectivity index (χ4n) is 3.96. The summed E-state index contributed by atoms with van der Waals surface area (Å²) in [6, 6.07) is 5.82. The fourth-order valence-corrected chi connectivity index (χ4v) is 4.13. The zero-order valence-electron chi connectivity index (χ0n) is 15.3. The van der Waals surface area contributed by atoms with Gasteiger partial charge in [-0.2, -0.15) is 0 Å². The number of hydrogen-bond acceptors (Lipinski definition) is 3. The van der Waals surface area contributed by atoms with Gasteiger partial charge in [0.25, 0.3) is 0 Å². The Morgan fingerprint density at radius 1 is 1.16 bits per heavy atom. The van der Waals surface area contributed by atoms with E-state index in [1.807, 2.05) is 18.2 Å². The van der Waals surface area contributed by atoms with Gasteiger partial charge < -0.3 is 15.1 Å². The van der Waals surface area contributed by atoms with E-state index in [-0.39, 0.29) is 5.91 Å². The molecule has 1 amide bonds. The fraction of sp³-hybridized carbons (Fsp3) is 0.650. The Kier molecular flexibility index (Phi) is 6.60. The third-order valence-corrected chi connectivity index (χ3v) is 5.82. The zero-order valence-corrected chi connectivity index (χ0v) is 16.0. The summed E-state index contributed by atoms with van der Waals surface area (Å²) in [7, 11) is 2.15. The van der Waals surface area contributed by atoms with Crippen molar-refractivity contribution >= 4 is 28.9 Å². The van der Waals surface area contributed by atoms with Gasteiger partial charge in [0, 0.05) is 37.6 Å². The second-order valence-electron chi connectivity index (χ2n) is 7.54. The van der Waals surface area contributed by atoms with Crippen LogP contribution in [0.25, 0.3) is 0 Å². The monoisotopic (exact) mass is 363 g/mol. The van der Waals surface area contributed by atoms with E-state index < -0.39 is 0 Å². The van der Waals surface area contributed by atoms with Crippen LogP contribution in [0, 0.1) is 5.92 Å². The minimum absolute atomic E-state index is 0.114. The van der Waals surface area contributed by atoms with Gasteiger partial charge >= 0.3 is 0 Å². The largest absolute Gasteiger partial charge is 0.367 e. The first-order chi connectivity index (χ1) is 12.1. The lowest BCUT2D eigenvalue weighted by Crippen LogP contribution is -2.44. The van der Waals surface area contributed by atoms with Gasteiger partial charge in [-0.3, -0.25) is 4.79 Å². The number of benzene rings is 1. The molecule has 2 fully saturated rings. The van der Waals surface area contributed by atoms with Gasteiger partial charge in [-0.25, -0.2) is 0 Å². The molecule has 138 valence electrons. The molecule has 5 heteroatoms. The summed E-state index contributed by atoms with van der Waals surface area (Å²) in [6.45, 7) is 4.03. The number of carbonyl (C=O) groups excluding carboxylic acids is 1. The van der Waals surface area contributed by atoms with Crippen LogP contribution in [0.15, 0.2) is 18.2 Å². The van der Waals surface area contributed by atoms with Gasteiger partial charge in [-0.1, -0.05) is 43.7 Å². The van der Waals surface area contributed by atoms with Gasteiger partial charge in [-0.05, 0) is 37.6 Å². The molecule has 1 aliphatic carbocycles.